The predicted molar refractivity (Wildman–Crippen MR) is 67.1 cm³/mol. The molecule has 0 radical (unpaired) electrons. The molecule has 1 atom stereocenters. The number of aryl methyl sites for hydroxylation is 2. The van der Waals surface area contributed by atoms with Gasteiger partial charge < -0.3 is 10.9 Å². The van der Waals surface area contributed by atoms with Crippen molar-refractivity contribution >= 4 is 17.6 Å². The van der Waals surface area contributed by atoms with Crippen LogP contribution in [0.1, 0.15) is 24.6 Å². The van der Waals surface area contributed by atoms with E-state index in [9.17, 15) is 0 Å². The zero-order chi connectivity index (χ0) is 12.1. The zero-order valence-corrected chi connectivity index (χ0v) is 10.6. The molecular weight excluding hydrogens is 222 g/mol. The van der Waals surface area contributed by atoms with Crippen molar-refractivity contribution in [2.24, 2.45) is 10.9 Å². The SMILES string of the molecule is CCC(Sc1cc(C)cc(C)n1)/C(N)=N/O. The summed E-state index contributed by atoms with van der Waals surface area (Å²) in [5, 5.41) is 12.6. The molecule has 0 aliphatic heterocycles. The summed E-state index contributed by atoms with van der Waals surface area (Å²) in [6.07, 6.45) is 0.801. The molecule has 1 rings (SSSR count). The third-order valence-electron chi connectivity index (χ3n) is 2.15. The van der Waals surface area contributed by atoms with Gasteiger partial charge in [0.25, 0.3) is 0 Å². The number of pyridine rings is 1. The molecule has 0 aliphatic carbocycles. The van der Waals surface area contributed by atoms with Gasteiger partial charge in [-0.2, -0.15) is 0 Å². The van der Waals surface area contributed by atoms with Crippen molar-refractivity contribution in [2.45, 2.75) is 37.5 Å². The van der Waals surface area contributed by atoms with Crippen LogP contribution in [-0.4, -0.2) is 21.3 Å². The number of amidine groups is 1. The predicted octanol–water partition coefficient (Wildman–Crippen LogP) is 2.32. The van der Waals surface area contributed by atoms with Gasteiger partial charge in [0.15, 0.2) is 5.84 Å². The minimum absolute atomic E-state index is 0.0290. The largest absolute Gasteiger partial charge is 0.409 e. The maximum atomic E-state index is 8.65. The van der Waals surface area contributed by atoms with Gasteiger partial charge in [-0.3, -0.25) is 0 Å². The van der Waals surface area contributed by atoms with Crippen LogP contribution in [0.2, 0.25) is 0 Å². The van der Waals surface area contributed by atoms with E-state index in [4.69, 9.17) is 10.9 Å². The summed E-state index contributed by atoms with van der Waals surface area (Å²) in [7, 11) is 0. The van der Waals surface area contributed by atoms with E-state index in [1.807, 2.05) is 32.9 Å². The van der Waals surface area contributed by atoms with Gasteiger partial charge in [-0.15, -0.1) is 0 Å². The first-order valence-corrected chi connectivity index (χ1v) is 6.04. The second-order valence-corrected chi connectivity index (χ2v) is 4.89. The highest BCUT2D eigenvalue weighted by atomic mass is 32.2. The number of nitrogens with zero attached hydrogens (tertiary/aromatic N) is 2. The van der Waals surface area contributed by atoms with Crippen LogP contribution in [0.3, 0.4) is 0 Å². The fourth-order valence-electron chi connectivity index (χ4n) is 1.43. The van der Waals surface area contributed by atoms with Crippen molar-refractivity contribution in [3.05, 3.63) is 23.4 Å². The highest BCUT2D eigenvalue weighted by molar-refractivity contribution is 8.00. The summed E-state index contributed by atoms with van der Waals surface area (Å²) in [6, 6.07) is 4.03. The van der Waals surface area contributed by atoms with Crippen molar-refractivity contribution in [2.75, 3.05) is 0 Å². The maximum absolute atomic E-state index is 8.65. The quantitative estimate of drug-likeness (QED) is 0.278. The Bertz CT molecular complexity index is 373. The Kier molecular flexibility index (Phi) is 4.61. The molecule has 0 bridgehead atoms. The number of nitrogens with two attached hydrogens (primary N) is 1. The van der Waals surface area contributed by atoms with E-state index in [1.54, 1.807) is 0 Å². The summed E-state index contributed by atoms with van der Waals surface area (Å²) in [5.41, 5.74) is 7.76. The Labute approximate surface area is 99.9 Å². The lowest BCUT2D eigenvalue weighted by atomic mass is 10.3. The average Bonchev–Trinajstić information content (AvgIpc) is 2.23. The highest BCUT2D eigenvalue weighted by Crippen LogP contribution is 2.24. The van der Waals surface area contributed by atoms with Crippen LogP contribution in [0.4, 0.5) is 0 Å². The van der Waals surface area contributed by atoms with Crippen LogP contribution in [-0.2, 0) is 0 Å². The molecule has 0 saturated carbocycles. The molecule has 0 spiro atoms. The summed E-state index contributed by atoms with van der Waals surface area (Å²) >= 11 is 1.52. The van der Waals surface area contributed by atoms with E-state index in [-0.39, 0.29) is 11.1 Å². The second kappa shape index (κ2) is 5.75. The molecule has 88 valence electrons. The Balaban J connectivity index is 2.86. The van der Waals surface area contributed by atoms with Crippen molar-refractivity contribution in [1.29, 1.82) is 0 Å². The van der Waals surface area contributed by atoms with Crippen molar-refractivity contribution in [3.8, 4) is 0 Å². The number of rotatable bonds is 4. The van der Waals surface area contributed by atoms with Crippen LogP contribution >= 0.6 is 11.8 Å². The van der Waals surface area contributed by atoms with Gasteiger partial charge in [0.2, 0.25) is 0 Å². The molecule has 0 fully saturated rings. The van der Waals surface area contributed by atoms with Crippen LogP contribution < -0.4 is 5.73 Å². The minimum Gasteiger partial charge on any atom is -0.409 e. The van der Waals surface area contributed by atoms with Crippen LogP contribution in [0.25, 0.3) is 0 Å². The lowest BCUT2D eigenvalue weighted by molar-refractivity contribution is 0.317. The molecule has 0 saturated heterocycles. The molecule has 1 unspecified atom stereocenters. The second-order valence-electron chi connectivity index (χ2n) is 3.66. The smallest absolute Gasteiger partial charge is 0.152 e. The van der Waals surface area contributed by atoms with E-state index >= 15 is 0 Å². The fourth-order valence-corrected chi connectivity index (χ4v) is 2.50. The van der Waals surface area contributed by atoms with Gasteiger partial charge in [-0.25, -0.2) is 4.98 Å². The average molecular weight is 239 g/mol. The third kappa shape index (κ3) is 3.41. The Morgan fingerprint density at radius 1 is 1.56 bits per heavy atom. The summed E-state index contributed by atoms with van der Waals surface area (Å²) in [4.78, 5) is 4.41. The standard InChI is InChI=1S/C11H17N3OS/c1-4-9(11(12)14-15)16-10-6-7(2)5-8(3)13-10/h5-6,9,15H,4H2,1-3H3,(H2,12,14). The summed E-state index contributed by atoms with van der Waals surface area (Å²) in [5.74, 6) is 0.244. The Hall–Kier alpha value is -1.23. The van der Waals surface area contributed by atoms with Gasteiger partial charge in [-0.1, -0.05) is 23.8 Å². The van der Waals surface area contributed by atoms with Crippen molar-refractivity contribution in [3.63, 3.8) is 0 Å². The van der Waals surface area contributed by atoms with Gasteiger partial charge in [0, 0.05) is 5.69 Å². The molecular formula is C11H17N3OS. The summed E-state index contributed by atoms with van der Waals surface area (Å²) in [6.45, 7) is 5.99. The monoisotopic (exact) mass is 239 g/mol. The van der Waals surface area contributed by atoms with E-state index in [1.165, 1.54) is 17.3 Å². The van der Waals surface area contributed by atoms with Gasteiger partial charge in [-0.05, 0) is 38.0 Å². The first kappa shape index (κ1) is 12.8. The first-order valence-electron chi connectivity index (χ1n) is 5.16. The van der Waals surface area contributed by atoms with Crippen LogP contribution in [0.15, 0.2) is 22.3 Å². The topological polar surface area (TPSA) is 71.5 Å². The fraction of sp³-hybridized carbons (Fsp3) is 0.455. The van der Waals surface area contributed by atoms with E-state index < -0.39 is 0 Å². The maximum Gasteiger partial charge on any atom is 0.152 e. The molecule has 1 aromatic rings. The molecule has 5 heteroatoms. The lowest BCUT2D eigenvalue weighted by Gasteiger charge is -2.12. The Morgan fingerprint density at radius 3 is 2.75 bits per heavy atom. The number of thioether (sulfide) groups is 1. The number of aromatic nitrogens is 1. The molecule has 16 heavy (non-hydrogen) atoms. The molecule has 1 aromatic heterocycles. The van der Waals surface area contributed by atoms with E-state index in [2.05, 4.69) is 10.1 Å². The van der Waals surface area contributed by atoms with Crippen LogP contribution in [0, 0.1) is 13.8 Å². The highest BCUT2D eigenvalue weighted by Gasteiger charge is 2.14. The lowest BCUT2D eigenvalue weighted by Crippen LogP contribution is -2.25. The number of hydrogen-bond donors (Lipinski definition) is 2. The molecule has 0 amide bonds. The minimum atomic E-state index is -0.0290. The van der Waals surface area contributed by atoms with Crippen molar-refractivity contribution < 1.29 is 5.21 Å². The van der Waals surface area contributed by atoms with E-state index in [0.29, 0.717) is 0 Å². The van der Waals surface area contributed by atoms with Gasteiger partial charge >= 0.3 is 0 Å². The van der Waals surface area contributed by atoms with Gasteiger partial charge in [0.1, 0.15) is 0 Å². The van der Waals surface area contributed by atoms with E-state index in [0.717, 1.165) is 17.1 Å². The first-order chi connectivity index (χ1) is 7.56. The molecule has 0 aromatic carbocycles. The Morgan fingerprint density at radius 2 is 2.25 bits per heavy atom. The van der Waals surface area contributed by atoms with Crippen molar-refractivity contribution in [1.82, 2.24) is 4.98 Å². The molecule has 0 aliphatic rings. The van der Waals surface area contributed by atoms with Gasteiger partial charge in [0.05, 0.1) is 10.3 Å². The zero-order valence-electron chi connectivity index (χ0n) is 9.77. The molecule has 3 N–H and O–H groups in total. The van der Waals surface area contributed by atoms with Crippen LogP contribution in [0.5, 0.6) is 0 Å². The molecule has 4 nitrogen and oxygen atoms in total. The normalized spacial score (nSPS) is 13.8. The molecule has 1 heterocycles. The third-order valence-corrected chi connectivity index (χ3v) is 3.46. The number of hydrogen-bond acceptors (Lipinski definition) is 4. The number of oxime groups is 1. The summed E-state index contributed by atoms with van der Waals surface area (Å²) < 4.78 is 0.